The molecule has 2 aromatic carbocycles. The number of anilines is 1. The first-order valence-corrected chi connectivity index (χ1v) is 9.96. The number of carbonyl (C=O) groups excluding carboxylic acids is 2. The van der Waals surface area contributed by atoms with E-state index in [1.807, 2.05) is 69.3 Å². The molecular formula is C23H32ClN3O3. The minimum Gasteiger partial charge on any atom is -0.494 e. The van der Waals surface area contributed by atoms with Crippen molar-refractivity contribution in [3.05, 3.63) is 59.7 Å². The Labute approximate surface area is 185 Å². The highest BCUT2D eigenvalue weighted by Gasteiger charge is 2.16. The number of halogens is 1. The SMILES string of the molecule is Cc1ccc(OCCCC(=O)Nc2ccc(CNC(=O)C(C)C(C)N)cc2)cc1.Cl. The van der Waals surface area contributed by atoms with Gasteiger partial charge in [-0.3, -0.25) is 9.59 Å². The molecule has 0 aliphatic rings. The Kier molecular flexibility index (Phi) is 10.9. The third-order valence-electron chi connectivity index (χ3n) is 4.74. The van der Waals surface area contributed by atoms with Crippen molar-refractivity contribution in [2.75, 3.05) is 11.9 Å². The Hall–Kier alpha value is -2.57. The number of benzene rings is 2. The zero-order valence-corrected chi connectivity index (χ0v) is 18.6. The van der Waals surface area contributed by atoms with Gasteiger partial charge in [0, 0.05) is 30.6 Å². The molecule has 0 aliphatic heterocycles. The minimum atomic E-state index is -0.233. The summed E-state index contributed by atoms with van der Waals surface area (Å²) in [6.45, 7) is 6.58. The maximum atomic E-state index is 12.1. The maximum Gasteiger partial charge on any atom is 0.224 e. The fourth-order valence-corrected chi connectivity index (χ4v) is 2.58. The first kappa shape index (κ1) is 25.5. The molecule has 6 nitrogen and oxygen atoms in total. The normalized spacial score (nSPS) is 12.3. The summed E-state index contributed by atoms with van der Waals surface area (Å²) in [4.78, 5) is 24.0. The van der Waals surface area contributed by atoms with Gasteiger partial charge in [-0.05, 0) is 50.1 Å². The van der Waals surface area contributed by atoms with Crippen molar-refractivity contribution in [1.29, 1.82) is 0 Å². The fourth-order valence-electron chi connectivity index (χ4n) is 2.58. The topological polar surface area (TPSA) is 93.5 Å². The summed E-state index contributed by atoms with van der Waals surface area (Å²) in [5.41, 5.74) is 8.61. The quantitative estimate of drug-likeness (QED) is 0.496. The minimum absolute atomic E-state index is 0. The summed E-state index contributed by atoms with van der Waals surface area (Å²) < 4.78 is 5.63. The molecule has 0 spiro atoms. The van der Waals surface area contributed by atoms with Crippen LogP contribution in [0.25, 0.3) is 0 Å². The van der Waals surface area contributed by atoms with Crippen molar-refractivity contribution in [2.45, 2.75) is 46.2 Å². The molecule has 30 heavy (non-hydrogen) atoms. The van der Waals surface area contributed by atoms with Gasteiger partial charge in [0.05, 0.1) is 6.61 Å². The Balaban J connectivity index is 0.00000450. The van der Waals surface area contributed by atoms with E-state index in [1.165, 1.54) is 5.56 Å². The lowest BCUT2D eigenvalue weighted by molar-refractivity contribution is -0.125. The van der Waals surface area contributed by atoms with Gasteiger partial charge in [-0.1, -0.05) is 36.8 Å². The smallest absolute Gasteiger partial charge is 0.224 e. The van der Waals surface area contributed by atoms with Crippen LogP contribution in [0.1, 0.15) is 37.8 Å². The van der Waals surface area contributed by atoms with Crippen LogP contribution in [0.15, 0.2) is 48.5 Å². The van der Waals surface area contributed by atoms with Crippen molar-refractivity contribution < 1.29 is 14.3 Å². The van der Waals surface area contributed by atoms with Gasteiger partial charge in [0.2, 0.25) is 11.8 Å². The zero-order valence-electron chi connectivity index (χ0n) is 17.8. The van der Waals surface area contributed by atoms with Gasteiger partial charge in [-0.15, -0.1) is 12.4 Å². The van der Waals surface area contributed by atoms with Crippen LogP contribution in [0.5, 0.6) is 5.75 Å². The van der Waals surface area contributed by atoms with Crippen molar-refractivity contribution in [3.8, 4) is 5.75 Å². The molecule has 7 heteroatoms. The average molecular weight is 434 g/mol. The lowest BCUT2D eigenvalue weighted by atomic mass is 10.0. The van der Waals surface area contributed by atoms with Crippen LogP contribution < -0.4 is 21.1 Å². The Morgan fingerprint density at radius 3 is 2.27 bits per heavy atom. The lowest BCUT2D eigenvalue weighted by Gasteiger charge is -2.15. The summed E-state index contributed by atoms with van der Waals surface area (Å²) in [7, 11) is 0. The second-order valence-electron chi connectivity index (χ2n) is 7.38. The Bertz CT molecular complexity index is 792. The van der Waals surface area contributed by atoms with E-state index in [2.05, 4.69) is 10.6 Å². The number of hydrogen-bond acceptors (Lipinski definition) is 4. The molecule has 0 fully saturated rings. The number of nitrogens with two attached hydrogens (primary N) is 1. The second-order valence-corrected chi connectivity index (χ2v) is 7.38. The number of aryl methyl sites for hydroxylation is 1. The summed E-state index contributed by atoms with van der Waals surface area (Å²) in [6, 6.07) is 15.1. The molecule has 0 heterocycles. The van der Waals surface area contributed by atoms with Crippen molar-refractivity contribution >= 4 is 29.9 Å². The van der Waals surface area contributed by atoms with Gasteiger partial charge in [-0.2, -0.15) is 0 Å². The molecule has 2 unspecified atom stereocenters. The number of carbonyl (C=O) groups is 2. The molecule has 4 N–H and O–H groups in total. The Morgan fingerprint density at radius 2 is 1.67 bits per heavy atom. The van der Waals surface area contributed by atoms with Crippen LogP contribution in [0.4, 0.5) is 5.69 Å². The number of ether oxygens (including phenoxy) is 1. The standard InChI is InChI=1S/C23H31N3O3.ClH/c1-16-6-12-21(13-7-16)29-14-4-5-22(27)26-20-10-8-19(9-11-20)15-25-23(28)17(2)18(3)24;/h6-13,17-18H,4-5,14-15,24H2,1-3H3,(H,25,28)(H,26,27);1H. The number of rotatable bonds is 10. The molecule has 0 bridgehead atoms. The molecule has 2 atom stereocenters. The van der Waals surface area contributed by atoms with E-state index in [4.69, 9.17) is 10.5 Å². The van der Waals surface area contributed by atoms with E-state index in [0.29, 0.717) is 26.0 Å². The van der Waals surface area contributed by atoms with Gasteiger partial charge in [0.15, 0.2) is 0 Å². The van der Waals surface area contributed by atoms with Crippen LogP contribution in [0, 0.1) is 12.8 Å². The summed E-state index contributed by atoms with van der Waals surface area (Å²) in [6.07, 6.45) is 1.03. The van der Waals surface area contributed by atoms with Gasteiger partial charge in [-0.25, -0.2) is 0 Å². The molecule has 0 aliphatic carbocycles. The van der Waals surface area contributed by atoms with Crippen LogP contribution in [-0.2, 0) is 16.1 Å². The summed E-state index contributed by atoms with van der Waals surface area (Å²) in [5.74, 6) is 0.465. The molecule has 0 saturated heterocycles. The monoisotopic (exact) mass is 433 g/mol. The predicted molar refractivity (Wildman–Crippen MR) is 123 cm³/mol. The van der Waals surface area contributed by atoms with Crippen LogP contribution in [0.3, 0.4) is 0 Å². The Morgan fingerprint density at radius 1 is 1.03 bits per heavy atom. The first-order chi connectivity index (χ1) is 13.8. The van der Waals surface area contributed by atoms with E-state index in [1.54, 1.807) is 0 Å². The van der Waals surface area contributed by atoms with Gasteiger partial charge < -0.3 is 21.1 Å². The molecule has 0 saturated carbocycles. The third kappa shape index (κ3) is 8.84. The fraction of sp³-hybridized carbons (Fsp3) is 0.391. The van der Waals surface area contributed by atoms with Crippen molar-refractivity contribution in [2.24, 2.45) is 11.7 Å². The van der Waals surface area contributed by atoms with E-state index in [0.717, 1.165) is 17.0 Å². The van der Waals surface area contributed by atoms with E-state index < -0.39 is 0 Å². The second kappa shape index (κ2) is 12.9. The van der Waals surface area contributed by atoms with Gasteiger partial charge in [0.1, 0.15) is 5.75 Å². The molecule has 164 valence electrons. The highest BCUT2D eigenvalue weighted by molar-refractivity contribution is 5.90. The predicted octanol–water partition coefficient (Wildman–Crippen LogP) is 3.81. The lowest BCUT2D eigenvalue weighted by Crippen LogP contribution is -2.38. The molecule has 2 rings (SSSR count). The maximum absolute atomic E-state index is 12.1. The van der Waals surface area contributed by atoms with Gasteiger partial charge in [0.25, 0.3) is 0 Å². The molecule has 2 aromatic rings. The molecule has 0 aromatic heterocycles. The molecule has 2 amide bonds. The van der Waals surface area contributed by atoms with Crippen molar-refractivity contribution in [3.63, 3.8) is 0 Å². The highest BCUT2D eigenvalue weighted by atomic mass is 35.5. The van der Waals surface area contributed by atoms with E-state index in [9.17, 15) is 9.59 Å². The average Bonchev–Trinajstić information content (AvgIpc) is 2.71. The van der Waals surface area contributed by atoms with Crippen LogP contribution >= 0.6 is 12.4 Å². The van der Waals surface area contributed by atoms with Crippen molar-refractivity contribution in [1.82, 2.24) is 5.32 Å². The highest BCUT2D eigenvalue weighted by Crippen LogP contribution is 2.13. The van der Waals surface area contributed by atoms with E-state index in [-0.39, 0.29) is 36.2 Å². The summed E-state index contributed by atoms with van der Waals surface area (Å²) >= 11 is 0. The molecular weight excluding hydrogens is 402 g/mol. The van der Waals surface area contributed by atoms with Crippen LogP contribution in [0.2, 0.25) is 0 Å². The third-order valence-corrected chi connectivity index (χ3v) is 4.74. The number of hydrogen-bond donors (Lipinski definition) is 3. The van der Waals surface area contributed by atoms with Gasteiger partial charge >= 0.3 is 0 Å². The first-order valence-electron chi connectivity index (χ1n) is 9.96. The summed E-state index contributed by atoms with van der Waals surface area (Å²) in [5, 5.41) is 5.75. The number of nitrogens with one attached hydrogen (secondary N) is 2. The van der Waals surface area contributed by atoms with Crippen LogP contribution in [-0.4, -0.2) is 24.5 Å². The van der Waals surface area contributed by atoms with E-state index >= 15 is 0 Å². The largest absolute Gasteiger partial charge is 0.494 e. The molecule has 0 radical (unpaired) electrons. The number of amides is 2. The zero-order chi connectivity index (χ0) is 21.2.